The normalized spacial score (nSPS) is 14.5. The van der Waals surface area contributed by atoms with E-state index in [0.717, 1.165) is 36.1 Å². The van der Waals surface area contributed by atoms with Crippen molar-refractivity contribution in [2.24, 2.45) is 5.92 Å². The van der Waals surface area contributed by atoms with E-state index in [2.05, 4.69) is 27.4 Å². The van der Waals surface area contributed by atoms with E-state index in [9.17, 15) is 9.90 Å². The zero-order chi connectivity index (χ0) is 17.1. The maximum Gasteiger partial charge on any atom is 0.326 e. The summed E-state index contributed by atoms with van der Waals surface area (Å²) in [5.41, 5.74) is 4.37. The average Bonchev–Trinajstić information content (AvgIpc) is 2.74. The van der Waals surface area contributed by atoms with E-state index in [-0.39, 0.29) is 0 Å². The fraction of sp³-hybridized carbons (Fsp3) is 0.421. The summed E-state index contributed by atoms with van der Waals surface area (Å²) in [4.78, 5) is 20.4. The lowest BCUT2D eigenvalue weighted by atomic mass is 10.0. The number of nitrogens with zero attached hydrogens (tertiary/aromatic N) is 2. The van der Waals surface area contributed by atoms with Crippen molar-refractivity contribution < 1.29 is 9.90 Å². The summed E-state index contributed by atoms with van der Waals surface area (Å²) in [6.07, 6.45) is 4.94. The van der Waals surface area contributed by atoms with Crippen LogP contribution in [-0.2, 0) is 17.6 Å². The molecule has 24 heavy (non-hydrogen) atoms. The number of aryl methyl sites for hydroxylation is 1. The van der Waals surface area contributed by atoms with Crippen molar-refractivity contribution in [3.63, 3.8) is 0 Å². The van der Waals surface area contributed by atoms with Gasteiger partial charge in [0.15, 0.2) is 0 Å². The number of benzene rings is 1. The molecule has 0 amide bonds. The molecule has 5 nitrogen and oxygen atoms in total. The van der Waals surface area contributed by atoms with E-state index in [0.29, 0.717) is 18.2 Å². The average molecular weight is 325 g/mol. The molecular formula is C19H23N3O2. The quantitative estimate of drug-likeness (QED) is 0.879. The second kappa shape index (κ2) is 6.99. The molecule has 0 saturated carbocycles. The predicted molar refractivity (Wildman–Crippen MR) is 94.0 cm³/mol. The molecule has 1 atom stereocenters. The molecule has 0 bridgehead atoms. The van der Waals surface area contributed by atoms with Gasteiger partial charge < -0.3 is 10.4 Å². The number of aromatic nitrogens is 2. The third-order valence-electron chi connectivity index (χ3n) is 4.41. The van der Waals surface area contributed by atoms with Gasteiger partial charge in [-0.2, -0.15) is 0 Å². The van der Waals surface area contributed by atoms with Gasteiger partial charge in [0.1, 0.15) is 18.2 Å². The first kappa shape index (κ1) is 16.4. The first-order chi connectivity index (χ1) is 11.6. The molecule has 1 aromatic carbocycles. The molecule has 1 aromatic heterocycles. The molecular weight excluding hydrogens is 302 g/mol. The molecule has 0 aliphatic heterocycles. The van der Waals surface area contributed by atoms with Crippen LogP contribution in [0.25, 0.3) is 11.3 Å². The summed E-state index contributed by atoms with van der Waals surface area (Å²) < 4.78 is 0. The molecule has 0 unspecified atom stereocenters. The number of rotatable bonds is 5. The Morgan fingerprint density at radius 3 is 2.79 bits per heavy atom. The van der Waals surface area contributed by atoms with Crippen molar-refractivity contribution in [1.82, 2.24) is 9.97 Å². The molecule has 0 fully saturated rings. The Morgan fingerprint density at radius 1 is 1.25 bits per heavy atom. The van der Waals surface area contributed by atoms with Crippen molar-refractivity contribution >= 4 is 11.8 Å². The summed E-state index contributed by atoms with van der Waals surface area (Å²) in [5, 5.41) is 12.6. The van der Waals surface area contributed by atoms with Crippen LogP contribution in [0, 0.1) is 5.92 Å². The largest absolute Gasteiger partial charge is 0.480 e. The lowest BCUT2D eigenvalue weighted by Gasteiger charge is -2.19. The summed E-state index contributed by atoms with van der Waals surface area (Å²) in [7, 11) is 0. The number of anilines is 1. The fourth-order valence-electron chi connectivity index (χ4n) is 3.29. The molecule has 0 spiro atoms. The number of carbonyl (C=O) groups is 1. The first-order valence-corrected chi connectivity index (χ1v) is 8.47. The molecule has 126 valence electrons. The van der Waals surface area contributed by atoms with Gasteiger partial charge in [0, 0.05) is 11.1 Å². The smallest absolute Gasteiger partial charge is 0.326 e. The Labute approximate surface area is 142 Å². The van der Waals surface area contributed by atoms with Gasteiger partial charge in [-0.3, -0.25) is 0 Å². The number of fused-ring (bicyclic) bond motifs is 3. The van der Waals surface area contributed by atoms with Crippen molar-refractivity contribution in [2.75, 3.05) is 5.32 Å². The number of carboxylic acid groups (broad SMARTS) is 1. The van der Waals surface area contributed by atoms with Crippen molar-refractivity contribution in [2.45, 2.75) is 45.6 Å². The SMILES string of the molecule is CC(C)C[C@H](Nc1ncnc2c1CCCc1ccccc1-2)C(=O)O. The number of aliphatic carboxylic acids is 1. The molecule has 1 aliphatic carbocycles. The Morgan fingerprint density at radius 2 is 2.04 bits per heavy atom. The Bertz CT molecular complexity index is 743. The van der Waals surface area contributed by atoms with Gasteiger partial charge in [-0.25, -0.2) is 14.8 Å². The maximum atomic E-state index is 11.6. The topological polar surface area (TPSA) is 75.1 Å². The molecule has 3 rings (SSSR count). The van der Waals surface area contributed by atoms with Gasteiger partial charge in [0.25, 0.3) is 0 Å². The van der Waals surface area contributed by atoms with Crippen LogP contribution in [0.5, 0.6) is 0 Å². The van der Waals surface area contributed by atoms with E-state index in [1.807, 2.05) is 26.0 Å². The van der Waals surface area contributed by atoms with Gasteiger partial charge in [-0.05, 0) is 37.2 Å². The molecule has 5 heteroatoms. The molecule has 2 aromatic rings. The lowest BCUT2D eigenvalue weighted by Crippen LogP contribution is -2.31. The van der Waals surface area contributed by atoms with Crippen LogP contribution in [0.15, 0.2) is 30.6 Å². The fourth-order valence-corrected chi connectivity index (χ4v) is 3.29. The van der Waals surface area contributed by atoms with Crippen molar-refractivity contribution in [3.8, 4) is 11.3 Å². The first-order valence-electron chi connectivity index (χ1n) is 8.47. The van der Waals surface area contributed by atoms with E-state index >= 15 is 0 Å². The highest BCUT2D eigenvalue weighted by Crippen LogP contribution is 2.33. The van der Waals surface area contributed by atoms with Crippen LogP contribution in [0.3, 0.4) is 0 Å². The van der Waals surface area contributed by atoms with E-state index < -0.39 is 12.0 Å². The highest BCUT2D eigenvalue weighted by Gasteiger charge is 2.23. The minimum Gasteiger partial charge on any atom is -0.480 e. The number of carboxylic acids is 1. The van der Waals surface area contributed by atoms with E-state index in [4.69, 9.17) is 0 Å². The highest BCUT2D eigenvalue weighted by atomic mass is 16.4. The molecule has 1 aliphatic rings. The highest BCUT2D eigenvalue weighted by molar-refractivity contribution is 5.79. The number of hydrogen-bond acceptors (Lipinski definition) is 4. The Hall–Kier alpha value is -2.43. The van der Waals surface area contributed by atoms with Gasteiger partial charge in [0.2, 0.25) is 0 Å². The summed E-state index contributed by atoms with van der Waals surface area (Å²) in [5.74, 6) is 0.106. The zero-order valence-corrected chi connectivity index (χ0v) is 14.1. The second-order valence-corrected chi connectivity index (χ2v) is 6.72. The van der Waals surface area contributed by atoms with Gasteiger partial charge in [-0.1, -0.05) is 38.1 Å². The van der Waals surface area contributed by atoms with E-state index in [1.165, 1.54) is 11.9 Å². The zero-order valence-electron chi connectivity index (χ0n) is 14.1. The Kier molecular flexibility index (Phi) is 4.79. The van der Waals surface area contributed by atoms with Crippen LogP contribution in [0.1, 0.15) is 37.8 Å². The van der Waals surface area contributed by atoms with Crippen LogP contribution in [0.2, 0.25) is 0 Å². The van der Waals surface area contributed by atoms with Crippen molar-refractivity contribution in [1.29, 1.82) is 0 Å². The summed E-state index contributed by atoms with van der Waals surface area (Å²) >= 11 is 0. The molecule has 0 radical (unpaired) electrons. The minimum atomic E-state index is -0.843. The van der Waals surface area contributed by atoms with Crippen LogP contribution >= 0.6 is 0 Å². The van der Waals surface area contributed by atoms with Gasteiger partial charge >= 0.3 is 5.97 Å². The van der Waals surface area contributed by atoms with E-state index in [1.54, 1.807) is 0 Å². The Balaban J connectivity index is 1.99. The molecule has 1 heterocycles. The van der Waals surface area contributed by atoms with Gasteiger partial charge in [-0.15, -0.1) is 0 Å². The standard InChI is InChI=1S/C19H23N3O2/c1-12(2)10-16(19(23)24)22-18-15-9-5-7-13-6-3-4-8-14(13)17(15)20-11-21-18/h3-4,6,8,11-12,16H,5,7,9-10H2,1-2H3,(H,23,24)(H,20,21,22)/t16-/m0/s1. The predicted octanol–water partition coefficient (Wildman–Crippen LogP) is 3.54. The summed E-state index contributed by atoms with van der Waals surface area (Å²) in [6.45, 7) is 4.04. The second-order valence-electron chi connectivity index (χ2n) is 6.72. The minimum absolute atomic E-state index is 0.291. The number of hydrogen-bond donors (Lipinski definition) is 2. The monoisotopic (exact) mass is 325 g/mol. The lowest BCUT2D eigenvalue weighted by molar-refractivity contribution is -0.138. The number of nitrogens with one attached hydrogen (secondary N) is 1. The van der Waals surface area contributed by atoms with Crippen LogP contribution in [0.4, 0.5) is 5.82 Å². The van der Waals surface area contributed by atoms with Crippen LogP contribution < -0.4 is 5.32 Å². The van der Waals surface area contributed by atoms with Crippen LogP contribution in [-0.4, -0.2) is 27.1 Å². The third kappa shape index (κ3) is 3.40. The van der Waals surface area contributed by atoms with Crippen molar-refractivity contribution in [3.05, 3.63) is 41.7 Å². The molecule has 0 saturated heterocycles. The third-order valence-corrected chi connectivity index (χ3v) is 4.41. The van der Waals surface area contributed by atoms with Gasteiger partial charge in [0.05, 0.1) is 5.69 Å². The molecule has 2 N–H and O–H groups in total. The summed E-state index contributed by atoms with van der Waals surface area (Å²) in [6, 6.07) is 7.65. The maximum absolute atomic E-state index is 11.6.